The van der Waals surface area contributed by atoms with E-state index in [0.29, 0.717) is 23.1 Å². The Morgan fingerprint density at radius 1 is 1.11 bits per heavy atom. The van der Waals surface area contributed by atoms with E-state index in [-0.39, 0.29) is 42.5 Å². The summed E-state index contributed by atoms with van der Waals surface area (Å²) >= 11 is 0. The van der Waals surface area contributed by atoms with Crippen molar-refractivity contribution in [3.8, 4) is 0 Å². The number of fused-ring (bicyclic) bond motifs is 1. The van der Waals surface area contributed by atoms with E-state index in [2.05, 4.69) is 0 Å². The molecule has 1 aliphatic rings. The highest BCUT2D eigenvalue weighted by atomic mass is 32.2. The molecule has 0 saturated carbocycles. The van der Waals surface area contributed by atoms with Crippen LogP contribution in [0.4, 0.5) is 4.39 Å². The minimum Gasteiger partial charge on any atom is -0.464 e. The third-order valence-electron chi connectivity index (χ3n) is 6.25. The maximum Gasteiger partial charge on any atom is 0.238 e. The highest BCUT2D eigenvalue weighted by Gasteiger charge is 2.30. The number of sulfonamides is 1. The Bertz CT molecular complexity index is 1370. The van der Waals surface area contributed by atoms with Crippen molar-refractivity contribution < 1.29 is 26.8 Å². The van der Waals surface area contributed by atoms with Gasteiger partial charge in [-0.25, -0.2) is 12.8 Å². The highest BCUT2D eigenvalue weighted by molar-refractivity contribution is 7.89. The van der Waals surface area contributed by atoms with E-state index >= 15 is 0 Å². The van der Waals surface area contributed by atoms with Crippen molar-refractivity contribution in [2.24, 2.45) is 0 Å². The fourth-order valence-corrected chi connectivity index (χ4v) is 5.27. The number of benzene rings is 2. The van der Waals surface area contributed by atoms with Crippen LogP contribution in [0.1, 0.15) is 30.9 Å². The molecule has 1 fully saturated rings. The smallest absolute Gasteiger partial charge is 0.238 e. The molecule has 8 nitrogen and oxygen atoms in total. The Hall–Kier alpha value is -3.08. The second-order valence-corrected chi connectivity index (χ2v) is 11.0. The van der Waals surface area contributed by atoms with Crippen LogP contribution < -0.4 is 5.43 Å². The third kappa shape index (κ3) is 6.18. The monoisotopic (exact) mass is 516 g/mol. The average Bonchev–Trinajstić information content (AvgIpc) is 3.39. The van der Waals surface area contributed by atoms with Crippen LogP contribution in [0.25, 0.3) is 11.0 Å². The van der Waals surface area contributed by atoms with Gasteiger partial charge in [0.1, 0.15) is 11.4 Å². The van der Waals surface area contributed by atoms with Crippen molar-refractivity contribution >= 4 is 26.9 Å². The summed E-state index contributed by atoms with van der Waals surface area (Å²) in [6.07, 6.45) is 2.62. The number of hydrogen-bond acceptors (Lipinski definition) is 6. The van der Waals surface area contributed by atoms with Gasteiger partial charge in [-0.2, -0.15) is 4.31 Å². The molecule has 192 valence electrons. The Kier molecular flexibility index (Phi) is 8.17. The molecule has 0 bridgehead atoms. The van der Waals surface area contributed by atoms with Crippen molar-refractivity contribution in [3.05, 3.63) is 82.0 Å². The van der Waals surface area contributed by atoms with E-state index in [9.17, 15) is 22.4 Å². The number of ether oxygens (including phenoxy) is 1. The maximum absolute atomic E-state index is 13.5. The lowest BCUT2D eigenvalue weighted by Gasteiger charge is -2.28. The zero-order chi connectivity index (χ0) is 25.7. The summed E-state index contributed by atoms with van der Waals surface area (Å²) in [7, 11) is -3.69. The van der Waals surface area contributed by atoms with Crippen LogP contribution in [0.2, 0.25) is 0 Å². The van der Waals surface area contributed by atoms with E-state index in [1.807, 2.05) is 0 Å². The van der Waals surface area contributed by atoms with Crippen molar-refractivity contribution in [2.75, 3.05) is 25.4 Å². The molecule has 1 unspecified atom stereocenters. The molecular weight excluding hydrogens is 487 g/mol. The Morgan fingerprint density at radius 3 is 2.56 bits per heavy atom. The lowest BCUT2D eigenvalue weighted by Crippen LogP contribution is -2.46. The van der Waals surface area contributed by atoms with Crippen molar-refractivity contribution in [1.82, 2.24) is 9.21 Å². The summed E-state index contributed by atoms with van der Waals surface area (Å²) in [6.45, 7) is 1.75. The van der Waals surface area contributed by atoms with Crippen molar-refractivity contribution in [2.45, 2.75) is 39.0 Å². The van der Waals surface area contributed by atoms with E-state index in [0.717, 1.165) is 17.1 Å². The molecule has 1 aromatic heterocycles. The van der Waals surface area contributed by atoms with E-state index < -0.39 is 28.3 Å². The predicted molar refractivity (Wildman–Crippen MR) is 133 cm³/mol. The number of carbonyl (C=O) groups is 1. The summed E-state index contributed by atoms with van der Waals surface area (Å²) in [5.41, 5.74) is 1.05. The minimum absolute atomic E-state index is 0.0608. The molecule has 1 saturated heterocycles. The zero-order valence-electron chi connectivity index (χ0n) is 20.1. The molecule has 0 spiro atoms. The van der Waals surface area contributed by atoms with Gasteiger partial charge in [-0.3, -0.25) is 9.59 Å². The van der Waals surface area contributed by atoms with E-state index in [1.54, 1.807) is 36.4 Å². The number of halogens is 1. The van der Waals surface area contributed by atoms with Crippen molar-refractivity contribution in [3.63, 3.8) is 0 Å². The summed E-state index contributed by atoms with van der Waals surface area (Å²) in [4.78, 5) is 28.0. The first-order chi connectivity index (χ1) is 17.3. The van der Waals surface area contributed by atoms with Crippen LogP contribution >= 0.6 is 0 Å². The first kappa shape index (κ1) is 26.0. The third-order valence-corrected chi connectivity index (χ3v) is 8.05. The first-order valence-corrected chi connectivity index (χ1v) is 13.5. The maximum atomic E-state index is 13.5. The number of para-hydroxylation sites is 1. The number of carbonyl (C=O) groups excluding carboxylic acids is 1. The molecule has 2 aromatic carbocycles. The summed E-state index contributed by atoms with van der Waals surface area (Å²) in [5, 5.41) is 0.387. The number of nitrogens with zero attached hydrogens (tertiary/aromatic N) is 2. The van der Waals surface area contributed by atoms with Crippen LogP contribution in [0.3, 0.4) is 0 Å². The standard InChI is InChI=1S/C26H29FN2O6S/c1-2-36(32,33)29(16-22-6-5-13-34-22)17-25(30)28(14-19-9-11-21(27)12-10-19)15-20-18-35-24-8-4-3-7-23(24)26(20)31/h3-4,7-12,18,22H,2,5-6,13-17H2,1H3. The second-order valence-electron chi connectivity index (χ2n) is 8.79. The molecule has 0 radical (unpaired) electrons. The van der Waals surface area contributed by atoms with Crippen molar-refractivity contribution in [1.29, 1.82) is 0 Å². The van der Waals surface area contributed by atoms with Gasteiger partial charge in [0.2, 0.25) is 15.9 Å². The van der Waals surface area contributed by atoms with Crippen LogP contribution in [-0.2, 0) is 32.6 Å². The second kappa shape index (κ2) is 11.3. The van der Waals surface area contributed by atoms with Crippen LogP contribution in [-0.4, -0.2) is 55.1 Å². The lowest BCUT2D eigenvalue weighted by molar-refractivity contribution is -0.132. The molecule has 1 aliphatic heterocycles. The topological polar surface area (TPSA) is 97.1 Å². The van der Waals surface area contributed by atoms with Gasteiger partial charge in [-0.1, -0.05) is 24.3 Å². The fourth-order valence-electron chi connectivity index (χ4n) is 4.20. The molecule has 36 heavy (non-hydrogen) atoms. The summed E-state index contributed by atoms with van der Waals surface area (Å²) in [6, 6.07) is 12.5. The average molecular weight is 517 g/mol. The predicted octanol–water partition coefficient (Wildman–Crippen LogP) is 3.29. The quantitative estimate of drug-likeness (QED) is 0.410. The lowest BCUT2D eigenvalue weighted by atomic mass is 10.1. The van der Waals surface area contributed by atoms with E-state index in [1.165, 1.54) is 30.2 Å². The molecule has 4 rings (SSSR count). The molecule has 0 aliphatic carbocycles. The Morgan fingerprint density at radius 2 is 1.86 bits per heavy atom. The highest BCUT2D eigenvalue weighted by Crippen LogP contribution is 2.18. The van der Waals surface area contributed by atoms with Gasteiger partial charge in [0.05, 0.1) is 42.2 Å². The molecule has 3 aromatic rings. The number of amides is 1. The van der Waals surface area contributed by atoms with E-state index in [4.69, 9.17) is 9.15 Å². The van der Waals surface area contributed by atoms with Gasteiger partial charge in [0.25, 0.3) is 0 Å². The van der Waals surface area contributed by atoms with Gasteiger partial charge >= 0.3 is 0 Å². The largest absolute Gasteiger partial charge is 0.464 e. The first-order valence-electron chi connectivity index (χ1n) is 11.9. The number of rotatable bonds is 10. The van der Waals surface area contributed by atoms with Gasteiger partial charge in [0.15, 0.2) is 5.43 Å². The normalized spacial score (nSPS) is 16.0. The molecule has 2 heterocycles. The van der Waals surface area contributed by atoms with Crippen LogP contribution in [0.5, 0.6) is 0 Å². The molecular formula is C26H29FN2O6S. The van der Waals surface area contributed by atoms with Gasteiger partial charge in [0, 0.05) is 19.7 Å². The van der Waals surface area contributed by atoms with Gasteiger partial charge < -0.3 is 14.1 Å². The van der Waals surface area contributed by atoms with Gasteiger partial charge in [-0.15, -0.1) is 0 Å². The van der Waals surface area contributed by atoms with Gasteiger partial charge in [-0.05, 0) is 49.6 Å². The van der Waals surface area contributed by atoms with Crippen LogP contribution in [0, 0.1) is 5.82 Å². The zero-order valence-corrected chi connectivity index (χ0v) is 20.9. The molecule has 0 N–H and O–H groups in total. The summed E-state index contributed by atoms with van der Waals surface area (Å²) in [5.74, 6) is -1.05. The minimum atomic E-state index is -3.69. The Labute approximate surface area is 209 Å². The number of hydrogen-bond donors (Lipinski definition) is 0. The molecule has 1 atom stereocenters. The van der Waals surface area contributed by atoms with Crippen LogP contribution in [0.15, 0.2) is 64.0 Å². The Balaban J connectivity index is 1.62. The molecule has 10 heteroatoms. The fraction of sp³-hybridized carbons (Fsp3) is 0.385. The SMILES string of the molecule is CCS(=O)(=O)N(CC(=O)N(Cc1ccc(F)cc1)Cc1coc2ccccc2c1=O)CC1CCCO1. The molecule has 1 amide bonds. The summed E-state index contributed by atoms with van der Waals surface area (Å²) < 4.78 is 51.4.